The second-order valence-corrected chi connectivity index (χ2v) is 10.6. The first-order chi connectivity index (χ1) is 18.6. The zero-order valence-electron chi connectivity index (χ0n) is 23.9. The van der Waals surface area contributed by atoms with E-state index in [2.05, 4.69) is 132 Å². The maximum atomic E-state index is 2.30. The van der Waals surface area contributed by atoms with Crippen molar-refractivity contribution in [2.75, 3.05) is 0 Å². The first kappa shape index (κ1) is 27.6. The lowest BCUT2D eigenvalue weighted by molar-refractivity contribution is -0.697. The highest BCUT2D eigenvalue weighted by atomic mass is 15.0. The molecule has 0 N–H and O–H groups in total. The lowest BCUT2D eigenvalue weighted by Crippen LogP contribution is -2.38. The van der Waals surface area contributed by atoms with Crippen molar-refractivity contribution >= 4 is 0 Å². The van der Waals surface area contributed by atoms with Crippen LogP contribution in [0.2, 0.25) is 0 Å². The average Bonchev–Trinajstić information content (AvgIpc) is 2.94. The van der Waals surface area contributed by atoms with Gasteiger partial charge in [0.25, 0.3) is 11.4 Å². The zero-order chi connectivity index (χ0) is 26.7. The van der Waals surface area contributed by atoms with E-state index < -0.39 is 0 Å². The molecule has 0 unspecified atom stereocenters. The molecule has 198 valence electrons. The smallest absolute Gasteiger partial charge is 0.205 e. The maximum absolute atomic E-state index is 2.30. The van der Waals surface area contributed by atoms with Crippen LogP contribution in [0.15, 0.2) is 85.7 Å². The minimum Gasteiger partial charge on any atom is -0.205 e. The number of pyridine rings is 4. The van der Waals surface area contributed by atoms with Crippen molar-refractivity contribution in [3.05, 3.63) is 85.7 Å². The Morgan fingerprint density at radius 1 is 0.447 bits per heavy atom. The number of hydrogen-bond acceptors (Lipinski definition) is 0. The Labute approximate surface area is 229 Å². The van der Waals surface area contributed by atoms with Gasteiger partial charge in [0.05, 0.1) is 0 Å². The summed E-state index contributed by atoms with van der Waals surface area (Å²) < 4.78 is 9.07. The summed E-state index contributed by atoms with van der Waals surface area (Å²) in [6.07, 6.45) is 23.7. The second-order valence-electron chi connectivity index (χ2n) is 10.6. The Balaban J connectivity index is 1.44. The predicted molar refractivity (Wildman–Crippen MR) is 154 cm³/mol. The molecule has 0 aliphatic heterocycles. The fraction of sp³-hybridized carbons (Fsp3) is 0.412. The highest BCUT2D eigenvalue weighted by Gasteiger charge is 2.21. The van der Waals surface area contributed by atoms with Crippen molar-refractivity contribution < 1.29 is 18.3 Å². The van der Waals surface area contributed by atoms with Gasteiger partial charge in [0.1, 0.15) is 27.2 Å². The summed E-state index contributed by atoms with van der Waals surface area (Å²) >= 11 is 0. The Morgan fingerprint density at radius 2 is 0.842 bits per heavy atom. The van der Waals surface area contributed by atoms with Crippen LogP contribution in [-0.4, -0.2) is 0 Å². The van der Waals surface area contributed by atoms with Gasteiger partial charge in [-0.2, -0.15) is 9.13 Å². The summed E-state index contributed by atoms with van der Waals surface area (Å²) in [6, 6.07) is 17.9. The van der Waals surface area contributed by atoms with Gasteiger partial charge in [-0.15, -0.1) is 0 Å². The highest BCUT2D eigenvalue weighted by Crippen LogP contribution is 2.22. The van der Waals surface area contributed by atoms with Gasteiger partial charge in [-0.05, 0) is 36.1 Å². The molecule has 4 nitrogen and oxygen atoms in total. The first-order valence-electron chi connectivity index (χ1n) is 14.6. The summed E-state index contributed by atoms with van der Waals surface area (Å²) in [5.41, 5.74) is 7.37. The molecule has 0 aromatic carbocycles. The van der Waals surface area contributed by atoms with Gasteiger partial charge in [-0.3, -0.25) is 0 Å². The van der Waals surface area contributed by atoms with Gasteiger partial charge in [-0.25, -0.2) is 9.13 Å². The molecule has 38 heavy (non-hydrogen) atoms. The molecule has 0 aliphatic rings. The topological polar surface area (TPSA) is 15.5 Å². The molecular weight excluding hydrogens is 464 g/mol. The number of unbranched alkanes of at least 4 members (excludes halogenated alkanes) is 6. The van der Waals surface area contributed by atoms with Crippen molar-refractivity contribution in [2.45, 2.75) is 78.3 Å². The standard InChI is InChI=1S/C34H46N4/c1-5-7-9-11-21-37-23-17-29(18-24-37)31-13-15-33(35(3)27-31)34-16-14-32(28-36(34)4)30-19-25-38(26-20-30)22-12-10-8-6-2/h13-20,23-28H,5-12,21-22H2,1-4H3/q+4. The first-order valence-corrected chi connectivity index (χ1v) is 14.6. The molecule has 0 spiro atoms. The van der Waals surface area contributed by atoms with Crippen molar-refractivity contribution in [1.82, 2.24) is 0 Å². The van der Waals surface area contributed by atoms with Crippen molar-refractivity contribution in [3.8, 4) is 33.6 Å². The molecule has 0 aliphatic carbocycles. The molecule has 0 saturated heterocycles. The fourth-order valence-electron chi connectivity index (χ4n) is 5.13. The fourth-order valence-corrected chi connectivity index (χ4v) is 5.13. The largest absolute Gasteiger partial charge is 0.277 e. The summed E-state index contributed by atoms with van der Waals surface area (Å²) in [4.78, 5) is 0. The molecule has 4 rings (SSSR count). The van der Waals surface area contributed by atoms with Gasteiger partial charge < -0.3 is 0 Å². The van der Waals surface area contributed by atoms with Crippen LogP contribution in [0.25, 0.3) is 33.6 Å². The molecule has 4 heteroatoms. The third-order valence-corrected chi connectivity index (χ3v) is 7.52. The monoisotopic (exact) mass is 510 g/mol. The van der Waals surface area contributed by atoms with E-state index in [4.69, 9.17) is 0 Å². The van der Waals surface area contributed by atoms with Crippen LogP contribution in [-0.2, 0) is 27.2 Å². The Bertz CT molecular complexity index is 1190. The van der Waals surface area contributed by atoms with E-state index in [1.54, 1.807) is 0 Å². The zero-order valence-corrected chi connectivity index (χ0v) is 23.9. The maximum Gasteiger partial charge on any atom is 0.277 e. The molecule has 0 atom stereocenters. The predicted octanol–water partition coefficient (Wildman–Crippen LogP) is 6.07. The molecular formula is C34H46N4+4. The normalized spacial score (nSPS) is 11.2. The number of hydrogen-bond donors (Lipinski definition) is 0. The number of aromatic nitrogens is 4. The van der Waals surface area contributed by atoms with Gasteiger partial charge in [-0.1, -0.05) is 39.5 Å². The van der Waals surface area contributed by atoms with E-state index >= 15 is 0 Å². The van der Waals surface area contributed by atoms with E-state index in [1.807, 2.05) is 0 Å². The second kappa shape index (κ2) is 13.9. The van der Waals surface area contributed by atoms with Crippen LogP contribution in [0.5, 0.6) is 0 Å². The van der Waals surface area contributed by atoms with E-state index in [1.165, 1.54) is 85.0 Å². The van der Waals surface area contributed by atoms with Gasteiger partial charge >= 0.3 is 0 Å². The molecule has 0 bridgehead atoms. The number of rotatable bonds is 13. The Kier molecular flexibility index (Phi) is 10.1. The van der Waals surface area contributed by atoms with E-state index in [0.717, 1.165) is 13.1 Å². The third-order valence-electron chi connectivity index (χ3n) is 7.52. The number of nitrogens with zero attached hydrogens (tertiary/aromatic N) is 4. The lowest BCUT2D eigenvalue weighted by Gasteiger charge is -2.05. The lowest BCUT2D eigenvalue weighted by atomic mass is 10.1. The van der Waals surface area contributed by atoms with Crippen LogP contribution in [0.4, 0.5) is 0 Å². The summed E-state index contributed by atoms with van der Waals surface area (Å²) in [6.45, 7) is 6.72. The minimum atomic E-state index is 1.10. The van der Waals surface area contributed by atoms with Crippen LogP contribution in [0, 0.1) is 0 Å². The molecule has 0 radical (unpaired) electrons. The van der Waals surface area contributed by atoms with Crippen LogP contribution < -0.4 is 18.3 Å². The summed E-state index contributed by atoms with van der Waals surface area (Å²) in [5, 5.41) is 0. The summed E-state index contributed by atoms with van der Waals surface area (Å²) in [7, 11) is 4.28. The Hall–Kier alpha value is -3.40. The minimum absolute atomic E-state index is 1.10. The van der Waals surface area contributed by atoms with Crippen molar-refractivity contribution in [2.24, 2.45) is 14.1 Å². The SMILES string of the molecule is CCCCCC[n+]1ccc(-c2ccc(-c3ccc(-c4cc[n+](CCCCCC)cc4)c[n+]3C)[n+](C)c2)cc1. The number of aryl methyl sites for hydroxylation is 4. The van der Waals surface area contributed by atoms with Gasteiger partial charge in [0, 0.05) is 60.4 Å². The average molecular weight is 511 g/mol. The van der Waals surface area contributed by atoms with Crippen LogP contribution in [0.3, 0.4) is 0 Å². The van der Waals surface area contributed by atoms with Crippen molar-refractivity contribution in [3.63, 3.8) is 0 Å². The Morgan fingerprint density at radius 3 is 1.18 bits per heavy atom. The van der Waals surface area contributed by atoms with Gasteiger partial charge in [0.15, 0.2) is 37.2 Å². The van der Waals surface area contributed by atoms with Gasteiger partial charge in [0.2, 0.25) is 0 Å². The third kappa shape index (κ3) is 7.34. The highest BCUT2D eigenvalue weighted by molar-refractivity contribution is 5.64. The van der Waals surface area contributed by atoms with E-state index in [9.17, 15) is 0 Å². The molecule has 4 heterocycles. The molecule has 0 saturated carbocycles. The van der Waals surface area contributed by atoms with E-state index in [-0.39, 0.29) is 0 Å². The van der Waals surface area contributed by atoms with Crippen molar-refractivity contribution in [1.29, 1.82) is 0 Å². The summed E-state index contributed by atoms with van der Waals surface area (Å²) in [5.74, 6) is 0. The molecule has 4 aromatic rings. The molecule has 0 fully saturated rings. The van der Waals surface area contributed by atoms with Crippen LogP contribution >= 0.6 is 0 Å². The van der Waals surface area contributed by atoms with Crippen LogP contribution in [0.1, 0.15) is 65.2 Å². The van der Waals surface area contributed by atoms with E-state index in [0.29, 0.717) is 0 Å². The molecule has 4 aromatic heterocycles. The molecule has 0 amide bonds. The quantitative estimate of drug-likeness (QED) is 0.153.